The SMILES string of the molecule is COc1ccc(C(O)C(=O)O)cc1NC(C)=O. The van der Waals surface area contributed by atoms with Gasteiger partial charge in [0.2, 0.25) is 5.91 Å². The van der Waals surface area contributed by atoms with E-state index in [0.717, 1.165) is 0 Å². The summed E-state index contributed by atoms with van der Waals surface area (Å²) in [7, 11) is 1.42. The van der Waals surface area contributed by atoms with E-state index in [4.69, 9.17) is 9.84 Å². The van der Waals surface area contributed by atoms with Gasteiger partial charge < -0.3 is 20.3 Å². The Morgan fingerprint density at radius 3 is 2.53 bits per heavy atom. The predicted molar refractivity (Wildman–Crippen MR) is 59.9 cm³/mol. The van der Waals surface area contributed by atoms with Crippen LogP contribution in [0.1, 0.15) is 18.6 Å². The topological polar surface area (TPSA) is 95.9 Å². The highest BCUT2D eigenvalue weighted by molar-refractivity contribution is 5.90. The number of benzene rings is 1. The van der Waals surface area contributed by atoms with E-state index in [9.17, 15) is 14.7 Å². The first-order chi connectivity index (χ1) is 7.95. The minimum atomic E-state index is -1.63. The molecule has 0 spiro atoms. The zero-order chi connectivity index (χ0) is 13.0. The number of carbonyl (C=O) groups is 2. The summed E-state index contributed by atoms with van der Waals surface area (Å²) >= 11 is 0. The molecule has 6 heteroatoms. The van der Waals surface area contributed by atoms with Crippen LogP contribution in [0.4, 0.5) is 5.69 Å². The number of methoxy groups -OCH3 is 1. The second-order valence-corrected chi connectivity index (χ2v) is 3.38. The molecule has 1 rings (SSSR count). The van der Waals surface area contributed by atoms with E-state index in [1.165, 1.54) is 32.2 Å². The van der Waals surface area contributed by atoms with Gasteiger partial charge in [-0.05, 0) is 17.7 Å². The molecule has 0 aliphatic heterocycles. The van der Waals surface area contributed by atoms with Gasteiger partial charge in [0.25, 0.3) is 0 Å². The van der Waals surface area contributed by atoms with Crippen LogP contribution < -0.4 is 10.1 Å². The molecule has 1 aromatic carbocycles. The molecular weight excluding hydrogens is 226 g/mol. The number of hydrogen-bond acceptors (Lipinski definition) is 4. The third kappa shape index (κ3) is 3.18. The average molecular weight is 239 g/mol. The lowest BCUT2D eigenvalue weighted by Crippen LogP contribution is -2.12. The summed E-state index contributed by atoms with van der Waals surface area (Å²) in [6, 6.07) is 4.26. The highest BCUT2D eigenvalue weighted by Crippen LogP contribution is 2.28. The molecule has 0 saturated carbocycles. The van der Waals surface area contributed by atoms with Crippen molar-refractivity contribution in [1.82, 2.24) is 0 Å². The minimum Gasteiger partial charge on any atom is -0.495 e. The standard InChI is InChI=1S/C11H13NO5/c1-6(13)12-8-5-7(10(14)11(15)16)3-4-9(8)17-2/h3-5,10,14H,1-2H3,(H,12,13)(H,15,16). The van der Waals surface area contributed by atoms with Gasteiger partial charge in [0.05, 0.1) is 12.8 Å². The largest absolute Gasteiger partial charge is 0.495 e. The third-order valence-corrected chi connectivity index (χ3v) is 2.08. The summed E-state index contributed by atoms with van der Waals surface area (Å²) in [5.41, 5.74) is 0.486. The summed E-state index contributed by atoms with van der Waals surface area (Å²) in [5.74, 6) is -1.28. The maximum atomic E-state index is 11.0. The van der Waals surface area contributed by atoms with Crippen molar-refractivity contribution in [3.05, 3.63) is 23.8 Å². The molecule has 0 radical (unpaired) electrons. The van der Waals surface area contributed by atoms with Crippen molar-refractivity contribution in [3.8, 4) is 5.75 Å². The molecule has 0 heterocycles. The molecule has 1 amide bonds. The summed E-state index contributed by atoms with van der Waals surface area (Å²) in [6.45, 7) is 1.32. The van der Waals surface area contributed by atoms with Crippen molar-refractivity contribution < 1.29 is 24.5 Å². The Labute approximate surface area is 97.8 Å². The first-order valence-corrected chi connectivity index (χ1v) is 4.82. The molecule has 0 aliphatic carbocycles. The van der Waals surface area contributed by atoms with E-state index in [1.54, 1.807) is 0 Å². The Bertz CT molecular complexity index is 443. The van der Waals surface area contributed by atoms with Crippen LogP contribution in [0.5, 0.6) is 5.75 Å². The van der Waals surface area contributed by atoms with Crippen molar-refractivity contribution in [2.75, 3.05) is 12.4 Å². The van der Waals surface area contributed by atoms with Crippen LogP contribution in [0.2, 0.25) is 0 Å². The van der Waals surface area contributed by atoms with Crippen LogP contribution in [-0.2, 0) is 9.59 Å². The lowest BCUT2D eigenvalue weighted by Gasteiger charge is -2.12. The second-order valence-electron chi connectivity index (χ2n) is 3.38. The van der Waals surface area contributed by atoms with Crippen molar-refractivity contribution in [1.29, 1.82) is 0 Å². The highest BCUT2D eigenvalue weighted by Gasteiger charge is 2.17. The summed E-state index contributed by atoms with van der Waals surface area (Å²) < 4.78 is 5.00. The lowest BCUT2D eigenvalue weighted by atomic mass is 10.1. The van der Waals surface area contributed by atoms with Gasteiger partial charge in [-0.3, -0.25) is 4.79 Å². The molecule has 3 N–H and O–H groups in total. The van der Waals surface area contributed by atoms with Crippen molar-refractivity contribution in [3.63, 3.8) is 0 Å². The van der Waals surface area contributed by atoms with Crippen LogP contribution in [0.15, 0.2) is 18.2 Å². The van der Waals surface area contributed by atoms with Gasteiger partial charge in [-0.2, -0.15) is 0 Å². The Morgan fingerprint density at radius 2 is 2.06 bits per heavy atom. The van der Waals surface area contributed by atoms with Crippen LogP contribution in [0.25, 0.3) is 0 Å². The summed E-state index contributed by atoms with van der Waals surface area (Å²) in [4.78, 5) is 21.6. The molecule has 0 aliphatic rings. The van der Waals surface area contributed by atoms with Gasteiger partial charge in [0.1, 0.15) is 5.75 Å². The van der Waals surface area contributed by atoms with Crippen LogP contribution in [-0.4, -0.2) is 29.2 Å². The number of aliphatic hydroxyl groups excluding tert-OH is 1. The number of aliphatic carboxylic acids is 1. The Kier molecular flexibility index (Phi) is 4.06. The van der Waals surface area contributed by atoms with Crippen LogP contribution in [0, 0.1) is 0 Å². The monoisotopic (exact) mass is 239 g/mol. The first kappa shape index (κ1) is 13.0. The predicted octanol–water partition coefficient (Wildman–Crippen LogP) is 0.772. The normalized spacial score (nSPS) is 11.7. The Hall–Kier alpha value is -2.08. The van der Waals surface area contributed by atoms with Gasteiger partial charge in [-0.1, -0.05) is 6.07 Å². The van der Waals surface area contributed by atoms with Crippen LogP contribution >= 0.6 is 0 Å². The number of carboxylic acids is 1. The molecule has 0 bridgehead atoms. The third-order valence-electron chi connectivity index (χ3n) is 2.08. The smallest absolute Gasteiger partial charge is 0.337 e. The maximum absolute atomic E-state index is 11.0. The van der Waals surface area contributed by atoms with Crippen molar-refractivity contribution >= 4 is 17.6 Å². The lowest BCUT2D eigenvalue weighted by molar-refractivity contribution is -0.146. The van der Waals surface area contributed by atoms with E-state index in [-0.39, 0.29) is 11.5 Å². The zero-order valence-electron chi connectivity index (χ0n) is 9.43. The molecule has 92 valence electrons. The number of aliphatic hydroxyl groups is 1. The molecule has 6 nitrogen and oxygen atoms in total. The second kappa shape index (κ2) is 5.31. The van der Waals surface area contributed by atoms with Crippen molar-refractivity contribution in [2.24, 2.45) is 0 Å². The van der Waals surface area contributed by atoms with Gasteiger partial charge in [-0.25, -0.2) is 4.79 Å². The Balaban J connectivity index is 3.12. The molecule has 1 aromatic rings. The van der Waals surface area contributed by atoms with E-state index >= 15 is 0 Å². The number of amides is 1. The van der Waals surface area contributed by atoms with Gasteiger partial charge in [0.15, 0.2) is 6.10 Å². The fourth-order valence-electron chi connectivity index (χ4n) is 1.33. The van der Waals surface area contributed by atoms with E-state index in [1.807, 2.05) is 0 Å². The molecule has 0 aromatic heterocycles. The number of nitrogens with one attached hydrogen (secondary N) is 1. The van der Waals surface area contributed by atoms with Crippen molar-refractivity contribution in [2.45, 2.75) is 13.0 Å². The highest BCUT2D eigenvalue weighted by atomic mass is 16.5. The molecular formula is C11H13NO5. The van der Waals surface area contributed by atoms with Crippen LogP contribution in [0.3, 0.4) is 0 Å². The maximum Gasteiger partial charge on any atom is 0.337 e. The fourth-order valence-corrected chi connectivity index (χ4v) is 1.33. The van der Waals surface area contributed by atoms with E-state index in [2.05, 4.69) is 5.32 Å². The molecule has 1 unspecified atom stereocenters. The minimum absolute atomic E-state index is 0.169. The average Bonchev–Trinajstić information content (AvgIpc) is 2.27. The number of carbonyl (C=O) groups excluding carboxylic acids is 1. The van der Waals surface area contributed by atoms with Gasteiger partial charge in [0, 0.05) is 6.92 Å². The van der Waals surface area contributed by atoms with E-state index in [0.29, 0.717) is 11.4 Å². The molecule has 0 fully saturated rings. The van der Waals surface area contributed by atoms with E-state index < -0.39 is 12.1 Å². The summed E-state index contributed by atoms with van der Waals surface area (Å²) in [5, 5.41) is 20.5. The quantitative estimate of drug-likeness (QED) is 0.721. The first-order valence-electron chi connectivity index (χ1n) is 4.82. The molecule has 0 saturated heterocycles. The number of ether oxygens (including phenoxy) is 1. The number of rotatable bonds is 4. The van der Waals surface area contributed by atoms with Gasteiger partial charge in [-0.15, -0.1) is 0 Å². The Morgan fingerprint density at radius 1 is 1.41 bits per heavy atom. The molecule has 1 atom stereocenters. The zero-order valence-corrected chi connectivity index (χ0v) is 9.43. The molecule has 17 heavy (non-hydrogen) atoms. The van der Waals surface area contributed by atoms with Gasteiger partial charge >= 0.3 is 5.97 Å². The fraction of sp³-hybridized carbons (Fsp3) is 0.273. The number of anilines is 1. The summed E-state index contributed by atoms with van der Waals surface area (Å²) in [6.07, 6.45) is -1.63. The number of hydrogen-bond donors (Lipinski definition) is 3. The number of carboxylic acid groups (broad SMARTS) is 1.